The Kier molecular flexibility index (Phi) is 4.81. The summed E-state index contributed by atoms with van der Waals surface area (Å²) in [5.41, 5.74) is 1.28. The van der Waals surface area contributed by atoms with Gasteiger partial charge >= 0.3 is 5.97 Å². The number of hydrogen-bond acceptors (Lipinski definition) is 2. The van der Waals surface area contributed by atoms with Gasteiger partial charge in [-0.25, -0.2) is 0 Å². The second-order valence-electron chi connectivity index (χ2n) is 5.21. The van der Waals surface area contributed by atoms with Crippen LogP contribution in [0.15, 0.2) is 28.7 Å². The molecule has 1 aliphatic heterocycles. The summed E-state index contributed by atoms with van der Waals surface area (Å²) in [7, 11) is 0. The highest BCUT2D eigenvalue weighted by atomic mass is 79.9. The van der Waals surface area contributed by atoms with Gasteiger partial charge < -0.3 is 10.0 Å². The number of piperidine rings is 1. The van der Waals surface area contributed by atoms with Gasteiger partial charge in [0.25, 0.3) is 0 Å². The van der Waals surface area contributed by atoms with Gasteiger partial charge in [0.1, 0.15) is 5.92 Å². The van der Waals surface area contributed by atoms with Crippen molar-refractivity contribution in [3.05, 3.63) is 34.3 Å². The van der Waals surface area contributed by atoms with Crippen molar-refractivity contribution in [2.75, 3.05) is 13.1 Å². The molecule has 20 heavy (non-hydrogen) atoms. The highest BCUT2D eigenvalue weighted by Crippen LogP contribution is 2.29. The van der Waals surface area contributed by atoms with Crippen LogP contribution < -0.4 is 0 Å². The molecule has 1 aliphatic rings. The zero-order valence-corrected chi connectivity index (χ0v) is 13.0. The lowest BCUT2D eigenvalue weighted by Gasteiger charge is -2.33. The zero-order chi connectivity index (χ0) is 14.7. The van der Waals surface area contributed by atoms with Crippen LogP contribution in [0.4, 0.5) is 0 Å². The largest absolute Gasteiger partial charge is 0.481 e. The SMILES string of the molecule is CC(C(=O)O)C(=O)N1CCC(c2ccc(Br)cc2)CC1. The molecule has 2 rings (SSSR count). The third-order valence-electron chi connectivity index (χ3n) is 3.89. The van der Waals surface area contributed by atoms with Crippen molar-refractivity contribution in [2.45, 2.75) is 25.7 Å². The summed E-state index contributed by atoms with van der Waals surface area (Å²) < 4.78 is 1.06. The fourth-order valence-corrected chi connectivity index (χ4v) is 2.81. The molecule has 0 saturated carbocycles. The molecule has 1 unspecified atom stereocenters. The number of benzene rings is 1. The summed E-state index contributed by atoms with van der Waals surface area (Å²) in [4.78, 5) is 24.5. The van der Waals surface area contributed by atoms with Gasteiger partial charge in [-0.3, -0.25) is 9.59 Å². The highest BCUT2D eigenvalue weighted by molar-refractivity contribution is 9.10. The molecular formula is C15H18BrNO3. The van der Waals surface area contributed by atoms with Crippen LogP contribution in [-0.2, 0) is 9.59 Å². The first-order valence-electron chi connectivity index (χ1n) is 6.76. The number of carboxylic acids is 1. The molecule has 1 aromatic carbocycles. The second-order valence-corrected chi connectivity index (χ2v) is 6.13. The molecule has 1 aromatic rings. The number of carbonyl (C=O) groups is 2. The Balaban J connectivity index is 1.94. The van der Waals surface area contributed by atoms with E-state index in [1.54, 1.807) is 4.90 Å². The third-order valence-corrected chi connectivity index (χ3v) is 4.42. The minimum Gasteiger partial charge on any atom is -0.481 e. The molecule has 1 N–H and O–H groups in total. The van der Waals surface area contributed by atoms with Gasteiger partial charge in [0.15, 0.2) is 0 Å². The number of nitrogens with zero attached hydrogens (tertiary/aromatic N) is 1. The summed E-state index contributed by atoms with van der Waals surface area (Å²) in [6.07, 6.45) is 1.78. The lowest BCUT2D eigenvalue weighted by Crippen LogP contribution is -2.42. The Morgan fingerprint density at radius 1 is 1.25 bits per heavy atom. The molecule has 4 nitrogen and oxygen atoms in total. The van der Waals surface area contributed by atoms with Gasteiger partial charge in [-0.05, 0) is 43.4 Å². The summed E-state index contributed by atoms with van der Waals surface area (Å²) in [5, 5.41) is 8.89. The molecular weight excluding hydrogens is 322 g/mol. The number of aliphatic carboxylic acids is 1. The van der Waals surface area contributed by atoms with Crippen LogP contribution in [0.3, 0.4) is 0 Å². The predicted molar refractivity (Wildman–Crippen MR) is 79.5 cm³/mol. The van der Waals surface area contributed by atoms with E-state index in [1.807, 2.05) is 12.1 Å². The first-order valence-corrected chi connectivity index (χ1v) is 7.55. The number of carbonyl (C=O) groups excluding carboxylic acids is 1. The second kappa shape index (κ2) is 6.39. The van der Waals surface area contributed by atoms with Gasteiger partial charge in [0.2, 0.25) is 5.91 Å². The number of hydrogen-bond donors (Lipinski definition) is 1. The summed E-state index contributed by atoms with van der Waals surface area (Å²) in [6, 6.07) is 8.26. The molecule has 108 valence electrons. The molecule has 1 atom stereocenters. The maximum Gasteiger partial charge on any atom is 0.315 e. The van der Waals surface area contributed by atoms with Crippen LogP contribution in [0, 0.1) is 5.92 Å². The first kappa shape index (κ1) is 15.0. The third kappa shape index (κ3) is 3.39. The van der Waals surface area contributed by atoms with Crippen LogP contribution >= 0.6 is 15.9 Å². The Bertz CT molecular complexity index is 492. The fraction of sp³-hybridized carbons (Fsp3) is 0.467. The van der Waals surface area contributed by atoms with Gasteiger partial charge in [-0.15, -0.1) is 0 Å². The van der Waals surface area contributed by atoms with Gasteiger partial charge in [0.05, 0.1) is 0 Å². The van der Waals surface area contributed by atoms with Crippen molar-refractivity contribution in [3.8, 4) is 0 Å². The molecule has 5 heteroatoms. The maximum absolute atomic E-state index is 12.0. The number of halogens is 1. The van der Waals surface area contributed by atoms with Crippen LogP contribution in [0.2, 0.25) is 0 Å². The van der Waals surface area contributed by atoms with Gasteiger partial charge in [0, 0.05) is 17.6 Å². The fourth-order valence-electron chi connectivity index (χ4n) is 2.55. The van der Waals surface area contributed by atoms with Crippen LogP contribution in [0.25, 0.3) is 0 Å². The van der Waals surface area contributed by atoms with E-state index in [4.69, 9.17) is 5.11 Å². The molecule has 0 bridgehead atoms. The van der Waals surface area contributed by atoms with E-state index in [0.29, 0.717) is 19.0 Å². The summed E-state index contributed by atoms with van der Waals surface area (Å²) >= 11 is 3.42. The molecule has 0 spiro atoms. The molecule has 1 heterocycles. The van der Waals surface area contributed by atoms with Crippen molar-refractivity contribution in [1.29, 1.82) is 0 Å². The molecule has 1 saturated heterocycles. The number of amides is 1. The topological polar surface area (TPSA) is 57.6 Å². The average Bonchev–Trinajstić information content (AvgIpc) is 2.46. The van der Waals surface area contributed by atoms with E-state index in [-0.39, 0.29) is 5.91 Å². The molecule has 0 aromatic heterocycles. The number of rotatable bonds is 3. The van der Waals surface area contributed by atoms with Crippen LogP contribution in [0.1, 0.15) is 31.2 Å². The van der Waals surface area contributed by atoms with Crippen LogP contribution in [-0.4, -0.2) is 35.0 Å². The van der Waals surface area contributed by atoms with Crippen molar-refractivity contribution in [2.24, 2.45) is 5.92 Å². The minimum atomic E-state index is -1.05. The smallest absolute Gasteiger partial charge is 0.315 e. The molecule has 0 radical (unpaired) electrons. The zero-order valence-electron chi connectivity index (χ0n) is 11.4. The van der Waals surface area contributed by atoms with Gasteiger partial charge in [-0.1, -0.05) is 28.1 Å². The Morgan fingerprint density at radius 2 is 1.80 bits per heavy atom. The average molecular weight is 340 g/mol. The highest BCUT2D eigenvalue weighted by Gasteiger charge is 2.29. The normalized spacial score (nSPS) is 17.8. The van der Waals surface area contributed by atoms with Crippen LogP contribution in [0.5, 0.6) is 0 Å². The van der Waals surface area contributed by atoms with E-state index in [2.05, 4.69) is 28.1 Å². The van der Waals surface area contributed by atoms with Gasteiger partial charge in [-0.2, -0.15) is 0 Å². The summed E-state index contributed by atoms with van der Waals surface area (Å²) in [6.45, 7) is 2.72. The Hall–Kier alpha value is -1.36. The lowest BCUT2D eigenvalue weighted by atomic mass is 9.89. The van der Waals surface area contributed by atoms with Crippen molar-refractivity contribution in [1.82, 2.24) is 4.90 Å². The van der Waals surface area contributed by atoms with Crippen molar-refractivity contribution < 1.29 is 14.7 Å². The monoisotopic (exact) mass is 339 g/mol. The van der Waals surface area contributed by atoms with E-state index in [0.717, 1.165) is 17.3 Å². The predicted octanol–water partition coefficient (Wildman–Crippen LogP) is 2.88. The molecule has 1 fully saturated rings. The molecule has 1 amide bonds. The minimum absolute atomic E-state index is 0.272. The van der Waals surface area contributed by atoms with E-state index in [1.165, 1.54) is 12.5 Å². The maximum atomic E-state index is 12.0. The lowest BCUT2D eigenvalue weighted by molar-refractivity contribution is -0.150. The first-order chi connectivity index (χ1) is 9.49. The molecule has 0 aliphatic carbocycles. The number of carboxylic acid groups (broad SMARTS) is 1. The van der Waals surface area contributed by atoms with E-state index >= 15 is 0 Å². The van der Waals surface area contributed by atoms with E-state index in [9.17, 15) is 9.59 Å². The van der Waals surface area contributed by atoms with E-state index < -0.39 is 11.9 Å². The quantitative estimate of drug-likeness (QED) is 0.861. The summed E-state index contributed by atoms with van der Waals surface area (Å²) in [5.74, 6) is -1.82. The standard InChI is InChI=1S/C15H18BrNO3/c1-10(15(19)20)14(18)17-8-6-12(7-9-17)11-2-4-13(16)5-3-11/h2-5,10,12H,6-9H2,1H3,(H,19,20). The van der Waals surface area contributed by atoms with Crippen molar-refractivity contribution in [3.63, 3.8) is 0 Å². The number of likely N-dealkylation sites (tertiary alicyclic amines) is 1. The Labute approximate surface area is 126 Å². The van der Waals surface area contributed by atoms with Crippen molar-refractivity contribution >= 4 is 27.8 Å². The Morgan fingerprint density at radius 3 is 2.30 bits per heavy atom.